The first kappa shape index (κ1) is 22.4. The number of anilines is 1. The largest absolute Gasteiger partial charge is 0.353 e. The minimum Gasteiger partial charge on any atom is -0.353 e. The van der Waals surface area contributed by atoms with Gasteiger partial charge in [0.15, 0.2) is 5.96 Å². The van der Waals surface area contributed by atoms with Crippen molar-refractivity contribution in [2.45, 2.75) is 11.4 Å². The van der Waals surface area contributed by atoms with E-state index in [1.807, 2.05) is 24.3 Å². The first-order valence-corrected chi connectivity index (χ1v) is 10.3. The first-order chi connectivity index (χ1) is 13.0. The topological polar surface area (TPSA) is 104 Å². The Morgan fingerprint density at radius 2 is 1.93 bits per heavy atom. The number of sulfonamides is 1. The Labute approximate surface area is 182 Å². The molecular formula is C18H25IN6O2S. The van der Waals surface area contributed by atoms with Gasteiger partial charge in [-0.3, -0.25) is 4.99 Å². The highest BCUT2D eigenvalue weighted by Crippen LogP contribution is 2.13. The second-order valence-corrected chi connectivity index (χ2v) is 7.82. The highest BCUT2D eigenvalue weighted by Gasteiger charge is 2.20. The summed E-state index contributed by atoms with van der Waals surface area (Å²) >= 11 is 0. The molecule has 8 nitrogen and oxygen atoms in total. The average molecular weight is 516 g/mol. The summed E-state index contributed by atoms with van der Waals surface area (Å²) in [4.78, 5) is 13.3. The van der Waals surface area contributed by atoms with Gasteiger partial charge < -0.3 is 15.1 Å². The monoisotopic (exact) mass is 516 g/mol. The fourth-order valence-corrected chi connectivity index (χ4v) is 3.62. The van der Waals surface area contributed by atoms with E-state index < -0.39 is 10.0 Å². The number of nitrogens with one attached hydrogen (secondary N) is 1. The Bertz CT molecular complexity index is 899. The van der Waals surface area contributed by atoms with Crippen LogP contribution in [0.2, 0.25) is 0 Å². The third-order valence-corrected chi connectivity index (χ3v) is 5.35. The summed E-state index contributed by atoms with van der Waals surface area (Å²) in [5.41, 5.74) is 0.829. The van der Waals surface area contributed by atoms with Crippen LogP contribution in [0.25, 0.3) is 0 Å². The summed E-state index contributed by atoms with van der Waals surface area (Å²) in [7, 11) is -1.96. The quantitative estimate of drug-likeness (QED) is 0.360. The third kappa shape index (κ3) is 5.79. The van der Waals surface area contributed by atoms with Crippen LogP contribution in [0.3, 0.4) is 0 Å². The van der Waals surface area contributed by atoms with E-state index in [2.05, 4.69) is 25.1 Å². The lowest BCUT2D eigenvalue weighted by Gasteiger charge is -2.37. The molecule has 28 heavy (non-hydrogen) atoms. The molecule has 0 saturated carbocycles. The standard InChI is InChI=1S/C18H24N6O2S.HI/c1-20-18(22-14-15-5-4-6-16(13-15)27(19,25)26)24-11-9-23(10-12-24)17-7-2-3-8-21-17;/h2-8,13H,9-12,14H2,1H3,(H,20,22)(H2,19,25,26);1H. The van der Waals surface area contributed by atoms with Gasteiger partial charge in [0.2, 0.25) is 10.0 Å². The van der Waals surface area contributed by atoms with Crippen LogP contribution in [0, 0.1) is 0 Å². The van der Waals surface area contributed by atoms with Crippen molar-refractivity contribution in [1.82, 2.24) is 15.2 Å². The van der Waals surface area contributed by atoms with Crippen molar-refractivity contribution in [1.29, 1.82) is 0 Å². The van der Waals surface area contributed by atoms with Gasteiger partial charge in [-0.1, -0.05) is 18.2 Å². The summed E-state index contributed by atoms with van der Waals surface area (Å²) in [6.45, 7) is 3.84. The van der Waals surface area contributed by atoms with Gasteiger partial charge in [0.1, 0.15) is 5.82 Å². The lowest BCUT2D eigenvalue weighted by atomic mass is 10.2. The van der Waals surface area contributed by atoms with E-state index >= 15 is 0 Å². The predicted molar refractivity (Wildman–Crippen MR) is 121 cm³/mol. The Kier molecular flexibility index (Phi) is 8.01. The number of benzene rings is 1. The number of halogens is 1. The van der Waals surface area contributed by atoms with Gasteiger partial charge in [-0.2, -0.15) is 0 Å². The number of hydrogen-bond acceptors (Lipinski definition) is 5. The van der Waals surface area contributed by atoms with Crippen molar-refractivity contribution < 1.29 is 8.42 Å². The number of primary sulfonamides is 1. The summed E-state index contributed by atoms with van der Waals surface area (Å²) in [5, 5.41) is 8.49. The minimum absolute atomic E-state index is 0. The van der Waals surface area contributed by atoms with Gasteiger partial charge in [-0.25, -0.2) is 18.5 Å². The van der Waals surface area contributed by atoms with E-state index in [9.17, 15) is 8.42 Å². The number of pyridine rings is 1. The molecule has 0 spiro atoms. The molecule has 0 amide bonds. The van der Waals surface area contributed by atoms with E-state index in [4.69, 9.17) is 5.14 Å². The van der Waals surface area contributed by atoms with Crippen molar-refractivity contribution in [2.75, 3.05) is 38.1 Å². The van der Waals surface area contributed by atoms with Crippen LogP contribution in [0.4, 0.5) is 5.82 Å². The van der Waals surface area contributed by atoms with Crippen molar-refractivity contribution in [3.63, 3.8) is 0 Å². The molecule has 1 saturated heterocycles. The number of guanidine groups is 1. The second-order valence-electron chi connectivity index (χ2n) is 6.26. The molecular weight excluding hydrogens is 491 g/mol. The van der Waals surface area contributed by atoms with Crippen molar-refractivity contribution in [3.05, 3.63) is 54.2 Å². The molecule has 0 atom stereocenters. The van der Waals surface area contributed by atoms with Crippen molar-refractivity contribution in [2.24, 2.45) is 10.1 Å². The van der Waals surface area contributed by atoms with Gasteiger partial charge >= 0.3 is 0 Å². The van der Waals surface area contributed by atoms with Crippen LogP contribution in [-0.4, -0.2) is 57.5 Å². The normalized spacial score (nSPS) is 15.1. The molecule has 2 aromatic rings. The molecule has 2 heterocycles. The molecule has 1 fully saturated rings. The molecule has 3 rings (SSSR count). The zero-order valence-corrected chi connectivity index (χ0v) is 18.8. The number of aliphatic imine (C=N–C) groups is 1. The molecule has 0 radical (unpaired) electrons. The first-order valence-electron chi connectivity index (χ1n) is 8.71. The molecule has 1 aromatic heterocycles. The fraction of sp³-hybridized carbons (Fsp3) is 0.333. The summed E-state index contributed by atoms with van der Waals surface area (Å²) in [6, 6.07) is 12.5. The second kappa shape index (κ2) is 10.0. The lowest BCUT2D eigenvalue weighted by molar-refractivity contribution is 0.371. The van der Waals surface area contributed by atoms with Crippen LogP contribution in [0.1, 0.15) is 5.56 Å². The maximum Gasteiger partial charge on any atom is 0.238 e. The average Bonchev–Trinajstić information content (AvgIpc) is 2.69. The van der Waals surface area contributed by atoms with Crippen LogP contribution in [-0.2, 0) is 16.6 Å². The van der Waals surface area contributed by atoms with Gasteiger partial charge in [0.05, 0.1) is 4.90 Å². The van der Waals surface area contributed by atoms with E-state index in [1.165, 1.54) is 6.07 Å². The smallest absolute Gasteiger partial charge is 0.238 e. The Morgan fingerprint density at radius 1 is 1.18 bits per heavy atom. The number of aromatic nitrogens is 1. The molecule has 1 aliphatic heterocycles. The summed E-state index contributed by atoms with van der Waals surface area (Å²) in [5.74, 6) is 1.77. The van der Waals surface area contributed by atoms with E-state index in [0.717, 1.165) is 43.5 Å². The van der Waals surface area contributed by atoms with Crippen molar-refractivity contribution in [3.8, 4) is 0 Å². The number of hydrogen-bond donors (Lipinski definition) is 2. The Hall–Kier alpha value is -1.92. The zero-order chi connectivity index (χ0) is 19.3. The van der Waals surface area contributed by atoms with Gasteiger partial charge in [0.25, 0.3) is 0 Å². The highest BCUT2D eigenvalue weighted by atomic mass is 127. The molecule has 1 aromatic carbocycles. The van der Waals surface area contributed by atoms with Crippen LogP contribution in [0.5, 0.6) is 0 Å². The highest BCUT2D eigenvalue weighted by molar-refractivity contribution is 14.0. The lowest BCUT2D eigenvalue weighted by Crippen LogP contribution is -2.52. The van der Waals surface area contributed by atoms with Gasteiger partial charge in [-0.05, 0) is 29.8 Å². The molecule has 10 heteroatoms. The molecule has 0 unspecified atom stereocenters. The number of piperazine rings is 1. The van der Waals surface area contributed by atoms with E-state index in [-0.39, 0.29) is 28.9 Å². The molecule has 152 valence electrons. The zero-order valence-electron chi connectivity index (χ0n) is 15.7. The third-order valence-electron chi connectivity index (χ3n) is 4.44. The van der Waals surface area contributed by atoms with E-state index in [0.29, 0.717) is 6.54 Å². The number of nitrogens with zero attached hydrogens (tertiary/aromatic N) is 4. The van der Waals surface area contributed by atoms with Crippen LogP contribution in [0.15, 0.2) is 58.5 Å². The Balaban J connectivity index is 0.00000280. The summed E-state index contributed by atoms with van der Waals surface area (Å²) in [6.07, 6.45) is 1.80. The molecule has 0 aliphatic carbocycles. The van der Waals surface area contributed by atoms with Crippen molar-refractivity contribution >= 4 is 45.8 Å². The van der Waals surface area contributed by atoms with E-state index in [1.54, 1.807) is 25.4 Å². The maximum atomic E-state index is 11.5. The fourth-order valence-electron chi connectivity index (χ4n) is 3.03. The minimum atomic E-state index is -3.70. The summed E-state index contributed by atoms with van der Waals surface area (Å²) < 4.78 is 23.0. The van der Waals surface area contributed by atoms with Gasteiger partial charge in [0, 0.05) is 46.0 Å². The molecule has 3 N–H and O–H groups in total. The predicted octanol–water partition coefficient (Wildman–Crippen LogP) is 1.24. The van der Waals surface area contributed by atoms with Crippen LogP contribution >= 0.6 is 24.0 Å². The maximum absolute atomic E-state index is 11.5. The number of rotatable bonds is 4. The molecule has 0 bridgehead atoms. The SMILES string of the molecule is CN=C(NCc1cccc(S(N)(=O)=O)c1)N1CCN(c2ccccn2)CC1.I. The van der Waals surface area contributed by atoms with Gasteiger partial charge in [-0.15, -0.1) is 24.0 Å². The van der Waals surface area contributed by atoms with Crippen LogP contribution < -0.4 is 15.4 Å². The molecule has 1 aliphatic rings. The Morgan fingerprint density at radius 3 is 2.54 bits per heavy atom. The number of nitrogens with two attached hydrogens (primary N) is 1.